The number of unbranched alkanes of at least 4 members (excludes halogenated alkanes) is 3. The molecular weight excluding hydrogens is 228 g/mol. The molecule has 0 aliphatic heterocycles. The van der Waals surface area contributed by atoms with Crippen LogP contribution in [0.15, 0.2) is 30.3 Å². The minimum atomic E-state index is 0.906. The number of fused-ring (bicyclic) bond motifs is 1. The van der Waals surface area contributed by atoms with Crippen LogP contribution in [0.1, 0.15) is 30.6 Å². The molecule has 17 heavy (non-hydrogen) atoms. The molecule has 1 aromatic heterocycles. The number of ether oxygens (including phenoxy) is 1. The number of methoxy groups -OCH3 is 1. The fraction of sp³-hybridized carbons (Fsp3) is 0.467. The van der Waals surface area contributed by atoms with Crippen LogP contribution in [0.5, 0.6) is 0 Å². The Kier molecular flexibility index (Phi) is 5.02. The minimum Gasteiger partial charge on any atom is -0.385 e. The molecule has 0 fully saturated rings. The summed E-state index contributed by atoms with van der Waals surface area (Å²) in [4.78, 5) is 1.53. The predicted octanol–water partition coefficient (Wildman–Crippen LogP) is 4.65. The number of thiophene rings is 1. The Balaban J connectivity index is 1.75. The molecule has 0 amide bonds. The van der Waals surface area contributed by atoms with Crippen molar-refractivity contribution >= 4 is 21.4 Å². The second-order valence-corrected chi connectivity index (χ2v) is 5.58. The molecule has 0 spiro atoms. The van der Waals surface area contributed by atoms with Crippen LogP contribution in [0.25, 0.3) is 10.1 Å². The van der Waals surface area contributed by atoms with Gasteiger partial charge in [0.2, 0.25) is 0 Å². The molecule has 0 atom stereocenters. The minimum absolute atomic E-state index is 0.906. The van der Waals surface area contributed by atoms with Crippen LogP contribution < -0.4 is 0 Å². The smallest absolute Gasteiger partial charge is 0.0462 e. The summed E-state index contributed by atoms with van der Waals surface area (Å²) < 4.78 is 6.47. The van der Waals surface area contributed by atoms with E-state index >= 15 is 0 Å². The molecule has 0 radical (unpaired) electrons. The lowest BCUT2D eigenvalue weighted by Crippen LogP contribution is -1.88. The Morgan fingerprint density at radius 2 is 1.88 bits per heavy atom. The molecular formula is C15H20OS. The molecule has 0 bridgehead atoms. The van der Waals surface area contributed by atoms with Gasteiger partial charge in [-0.15, -0.1) is 11.3 Å². The van der Waals surface area contributed by atoms with Crippen LogP contribution >= 0.6 is 11.3 Å². The first-order valence-corrected chi connectivity index (χ1v) is 7.18. The topological polar surface area (TPSA) is 9.23 Å². The lowest BCUT2D eigenvalue weighted by atomic mass is 10.1. The van der Waals surface area contributed by atoms with Crippen molar-refractivity contribution in [3.05, 3.63) is 35.2 Å². The third-order valence-electron chi connectivity index (χ3n) is 3.00. The first-order chi connectivity index (χ1) is 8.40. The summed E-state index contributed by atoms with van der Waals surface area (Å²) in [7, 11) is 1.78. The van der Waals surface area contributed by atoms with E-state index in [1.165, 1.54) is 47.1 Å². The third kappa shape index (κ3) is 3.83. The molecule has 2 rings (SSSR count). The highest BCUT2D eigenvalue weighted by atomic mass is 32.1. The van der Waals surface area contributed by atoms with Gasteiger partial charge in [0.15, 0.2) is 0 Å². The molecule has 0 saturated carbocycles. The van der Waals surface area contributed by atoms with Crippen LogP contribution in [0.3, 0.4) is 0 Å². The van der Waals surface area contributed by atoms with Gasteiger partial charge in [0.1, 0.15) is 0 Å². The number of benzene rings is 1. The largest absolute Gasteiger partial charge is 0.385 e. The maximum Gasteiger partial charge on any atom is 0.0462 e. The van der Waals surface area contributed by atoms with Crippen LogP contribution in [0.4, 0.5) is 0 Å². The van der Waals surface area contributed by atoms with Crippen LogP contribution in [0, 0.1) is 0 Å². The van der Waals surface area contributed by atoms with Gasteiger partial charge in [-0.2, -0.15) is 0 Å². The summed E-state index contributed by atoms with van der Waals surface area (Å²) in [6, 6.07) is 11.0. The highest BCUT2D eigenvalue weighted by molar-refractivity contribution is 7.19. The van der Waals surface area contributed by atoms with Gasteiger partial charge in [0.05, 0.1) is 0 Å². The van der Waals surface area contributed by atoms with Gasteiger partial charge in [0.25, 0.3) is 0 Å². The molecule has 0 unspecified atom stereocenters. The molecule has 92 valence electrons. The molecule has 1 nitrogen and oxygen atoms in total. The fourth-order valence-electron chi connectivity index (χ4n) is 2.06. The Bertz CT molecular complexity index is 414. The number of aryl methyl sites for hydroxylation is 1. The highest BCUT2D eigenvalue weighted by Crippen LogP contribution is 2.26. The summed E-state index contributed by atoms with van der Waals surface area (Å²) in [6.07, 6.45) is 6.34. The van der Waals surface area contributed by atoms with E-state index in [2.05, 4.69) is 30.3 Å². The number of hydrogen-bond donors (Lipinski definition) is 0. The van der Waals surface area contributed by atoms with E-state index in [4.69, 9.17) is 4.74 Å². The Morgan fingerprint density at radius 3 is 2.71 bits per heavy atom. The van der Waals surface area contributed by atoms with E-state index in [9.17, 15) is 0 Å². The molecule has 0 aliphatic rings. The van der Waals surface area contributed by atoms with Crippen molar-refractivity contribution in [3.63, 3.8) is 0 Å². The van der Waals surface area contributed by atoms with E-state index in [0.717, 1.165) is 6.61 Å². The second-order valence-electron chi connectivity index (χ2n) is 4.41. The highest BCUT2D eigenvalue weighted by Gasteiger charge is 2.00. The first kappa shape index (κ1) is 12.6. The average Bonchev–Trinajstić information content (AvgIpc) is 2.76. The zero-order chi connectivity index (χ0) is 11.9. The van der Waals surface area contributed by atoms with Crippen molar-refractivity contribution in [3.8, 4) is 0 Å². The Labute approximate surface area is 107 Å². The zero-order valence-corrected chi connectivity index (χ0v) is 11.3. The standard InChI is InChI=1S/C15H20OS/c1-16-11-7-3-2-4-9-14-12-13-8-5-6-10-15(13)17-14/h5-6,8,10,12H,2-4,7,9,11H2,1H3. The predicted molar refractivity (Wildman–Crippen MR) is 75.9 cm³/mol. The summed E-state index contributed by atoms with van der Waals surface area (Å²) >= 11 is 1.94. The monoisotopic (exact) mass is 248 g/mol. The Morgan fingerprint density at radius 1 is 1.06 bits per heavy atom. The van der Waals surface area contributed by atoms with Gasteiger partial charge in [-0.05, 0) is 36.8 Å². The van der Waals surface area contributed by atoms with Gasteiger partial charge >= 0.3 is 0 Å². The molecule has 2 heteroatoms. The molecule has 0 saturated heterocycles. The summed E-state index contributed by atoms with van der Waals surface area (Å²) in [5.74, 6) is 0. The normalized spacial score (nSPS) is 11.1. The fourth-order valence-corrected chi connectivity index (χ4v) is 3.17. The first-order valence-electron chi connectivity index (χ1n) is 6.36. The van der Waals surface area contributed by atoms with Gasteiger partial charge in [-0.25, -0.2) is 0 Å². The molecule has 0 N–H and O–H groups in total. The van der Waals surface area contributed by atoms with Crippen LogP contribution in [-0.4, -0.2) is 13.7 Å². The summed E-state index contributed by atoms with van der Waals surface area (Å²) in [5.41, 5.74) is 0. The summed E-state index contributed by atoms with van der Waals surface area (Å²) in [6.45, 7) is 0.906. The van der Waals surface area contributed by atoms with Crippen molar-refractivity contribution in [2.45, 2.75) is 32.1 Å². The zero-order valence-electron chi connectivity index (χ0n) is 10.4. The van der Waals surface area contributed by atoms with Crippen molar-refractivity contribution in [2.24, 2.45) is 0 Å². The van der Waals surface area contributed by atoms with Crippen molar-refractivity contribution in [2.75, 3.05) is 13.7 Å². The molecule has 2 aromatic rings. The van der Waals surface area contributed by atoms with E-state index in [-0.39, 0.29) is 0 Å². The van der Waals surface area contributed by atoms with E-state index in [1.807, 2.05) is 11.3 Å². The third-order valence-corrected chi connectivity index (χ3v) is 4.17. The lowest BCUT2D eigenvalue weighted by Gasteiger charge is -1.99. The molecule has 1 heterocycles. The van der Waals surface area contributed by atoms with E-state index < -0.39 is 0 Å². The van der Waals surface area contributed by atoms with Gasteiger partial charge in [-0.3, -0.25) is 0 Å². The van der Waals surface area contributed by atoms with Gasteiger partial charge in [0, 0.05) is 23.3 Å². The quantitative estimate of drug-likeness (QED) is 0.648. The van der Waals surface area contributed by atoms with Gasteiger partial charge in [-0.1, -0.05) is 31.0 Å². The number of hydrogen-bond acceptors (Lipinski definition) is 2. The lowest BCUT2D eigenvalue weighted by molar-refractivity contribution is 0.192. The second kappa shape index (κ2) is 6.77. The number of rotatable bonds is 7. The maximum absolute atomic E-state index is 5.05. The average molecular weight is 248 g/mol. The van der Waals surface area contributed by atoms with E-state index in [1.54, 1.807) is 7.11 Å². The van der Waals surface area contributed by atoms with Crippen molar-refractivity contribution in [1.29, 1.82) is 0 Å². The Hall–Kier alpha value is -0.860. The maximum atomic E-state index is 5.05. The molecule has 0 aliphatic carbocycles. The van der Waals surface area contributed by atoms with E-state index in [0.29, 0.717) is 0 Å². The SMILES string of the molecule is COCCCCCCc1cc2ccccc2s1. The van der Waals surface area contributed by atoms with Crippen LogP contribution in [-0.2, 0) is 11.2 Å². The van der Waals surface area contributed by atoms with Crippen molar-refractivity contribution < 1.29 is 4.74 Å². The van der Waals surface area contributed by atoms with Crippen LogP contribution in [0.2, 0.25) is 0 Å². The van der Waals surface area contributed by atoms with Crippen molar-refractivity contribution in [1.82, 2.24) is 0 Å². The molecule has 1 aromatic carbocycles. The summed E-state index contributed by atoms with van der Waals surface area (Å²) in [5, 5.41) is 1.40. The van der Waals surface area contributed by atoms with Gasteiger partial charge < -0.3 is 4.74 Å².